The summed E-state index contributed by atoms with van der Waals surface area (Å²) < 4.78 is 0. The third-order valence-corrected chi connectivity index (χ3v) is 3.25. The molecule has 92 valence electrons. The molecule has 1 nitrogen and oxygen atoms in total. The standard InChI is InChI=1S/C14H31N/c1-5-8-11-14(4,12-9-6-2)15-13-10-7-3/h15H,5-13H2,1-4H3. The Morgan fingerprint density at radius 3 is 1.67 bits per heavy atom. The number of unbranched alkanes of at least 4 members (excludes halogenated alkanes) is 3. The average molecular weight is 213 g/mol. The van der Waals surface area contributed by atoms with Crippen LogP contribution < -0.4 is 5.32 Å². The molecule has 0 heterocycles. The van der Waals surface area contributed by atoms with Crippen molar-refractivity contribution < 1.29 is 0 Å². The summed E-state index contributed by atoms with van der Waals surface area (Å²) in [5, 5.41) is 3.77. The predicted octanol–water partition coefficient (Wildman–Crippen LogP) is 4.52. The van der Waals surface area contributed by atoms with E-state index in [1.807, 2.05) is 0 Å². The highest BCUT2D eigenvalue weighted by molar-refractivity contribution is 4.82. The van der Waals surface area contributed by atoms with Crippen molar-refractivity contribution in [3.63, 3.8) is 0 Å². The molecule has 0 aromatic carbocycles. The van der Waals surface area contributed by atoms with E-state index in [4.69, 9.17) is 0 Å². The zero-order valence-corrected chi connectivity index (χ0v) is 11.4. The molecule has 0 unspecified atom stereocenters. The van der Waals surface area contributed by atoms with E-state index in [9.17, 15) is 0 Å². The van der Waals surface area contributed by atoms with E-state index in [1.54, 1.807) is 0 Å². The summed E-state index contributed by atoms with van der Waals surface area (Å²) in [7, 11) is 0. The van der Waals surface area contributed by atoms with Crippen LogP contribution in [0, 0.1) is 0 Å². The van der Waals surface area contributed by atoms with Crippen LogP contribution in [-0.4, -0.2) is 12.1 Å². The van der Waals surface area contributed by atoms with Gasteiger partial charge < -0.3 is 5.32 Å². The molecule has 0 amide bonds. The molecule has 15 heavy (non-hydrogen) atoms. The van der Waals surface area contributed by atoms with Crippen LogP contribution in [0.5, 0.6) is 0 Å². The summed E-state index contributed by atoms with van der Waals surface area (Å²) >= 11 is 0. The molecular weight excluding hydrogens is 182 g/mol. The van der Waals surface area contributed by atoms with Crippen molar-refractivity contribution in [1.29, 1.82) is 0 Å². The van der Waals surface area contributed by atoms with Gasteiger partial charge in [0.2, 0.25) is 0 Å². The number of nitrogens with one attached hydrogen (secondary N) is 1. The molecule has 0 aliphatic heterocycles. The average Bonchev–Trinajstić information content (AvgIpc) is 2.24. The van der Waals surface area contributed by atoms with E-state index in [0.717, 1.165) is 0 Å². The maximum atomic E-state index is 3.77. The minimum atomic E-state index is 0.404. The Balaban J connectivity index is 3.89. The Labute approximate surface area is 97.0 Å². The molecule has 0 fully saturated rings. The second-order valence-corrected chi connectivity index (χ2v) is 5.05. The van der Waals surface area contributed by atoms with Crippen LogP contribution >= 0.6 is 0 Å². The Morgan fingerprint density at radius 2 is 1.27 bits per heavy atom. The highest BCUT2D eigenvalue weighted by atomic mass is 15.0. The fourth-order valence-electron chi connectivity index (χ4n) is 2.00. The second kappa shape index (κ2) is 9.21. The first kappa shape index (κ1) is 15.0. The third-order valence-electron chi connectivity index (χ3n) is 3.25. The maximum Gasteiger partial charge on any atom is 0.0153 e. The summed E-state index contributed by atoms with van der Waals surface area (Å²) in [4.78, 5) is 0. The smallest absolute Gasteiger partial charge is 0.0153 e. The van der Waals surface area contributed by atoms with E-state index < -0.39 is 0 Å². The van der Waals surface area contributed by atoms with Crippen molar-refractivity contribution in [3.05, 3.63) is 0 Å². The van der Waals surface area contributed by atoms with E-state index in [1.165, 1.54) is 57.9 Å². The molecular formula is C14H31N. The molecule has 0 rings (SSSR count). The largest absolute Gasteiger partial charge is 0.312 e. The van der Waals surface area contributed by atoms with Crippen molar-refractivity contribution in [2.75, 3.05) is 6.54 Å². The SMILES string of the molecule is CCCCNC(C)(CCCC)CCCC. The van der Waals surface area contributed by atoms with Gasteiger partial charge in [-0.2, -0.15) is 0 Å². The summed E-state index contributed by atoms with van der Waals surface area (Å²) in [6.07, 6.45) is 10.6. The highest BCUT2D eigenvalue weighted by Gasteiger charge is 2.21. The summed E-state index contributed by atoms with van der Waals surface area (Å²) in [6, 6.07) is 0. The number of hydrogen-bond acceptors (Lipinski definition) is 1. The summed E-state index contributed by atoms with van der Waals surface area (Å²) in [6.45, 7) is 10.4. The second-order valence-electron chi connectivity index (χ2n) is 5.05. The topological polar surface area (TPSA) is 12.0 Å². The lowest BCUT2D eigenvalue weighted by molar-refractivity contribution is 0.291. The first-order chi connectivity index (χ1) is 7.18. The molecule has 0 bridgehead atoms. The van der Waals surface area contributed by atoms with Gasteiger partial charge in [-0.3, -0.25) is 0 Å². The van der Waals surface area contributed by atoms with Gasteiger partial charge in [0.25, 0.3) is 0 Å². The van der Waals surface area contributed by atoms with Crippen LogP contribution in [0.2, 0.25) is 0 Å². The van der Waals surface area contributed by atoms with Gasteiger partial charge in [0.05, 0.1) is 0 Å². The predicted molar refractivity (Wildman–Crippen MR) is 70.4 cm³/mol. The van der Waals surface area contributed by atoms with E-state index in [2.05, 4.69) is 33.0 Å². The van der Waals surface area contributed by atoms with Crippen LogP contribution in [-0.2, 0) is 0 Å². The number of hydrogen-bond donors (Lipinski definition) is 1. The first-order valence-electron chi connectivity index (χ1n) is 6.93. The molecule has 0 aliphatic carbocycles. The van der Waals surface area contributed by atoms with Crippen LogP contribution in [0.25, 0.3) is 0 Å². The zero-order chi connectivity index (χ0) is 11.6. The first-order valence-corrected chi connectivity index (χ1v) is 6.93. The zero-order valence-electron chi connectivity index (χ0n) is 11.4. The minimum absolute atomic E-state index is 0.404. The molecule has 0 saturated carbocycles. The monoisotopic (exact) mass is 213 g/mol. The maximum absolute atomic E-state index is 3.77. The molecule has 0 aromatic heterocycles. The summed E-state index contributed by atoms with van der Waals surface area (Å²) in [5.74, 6) is 0. The molecule has 0 atom stereocenters. The van der Waals surface area contributed by atoms with Crippen molar-refractivity contribution >= 4 is 0 Å². The Kier molecular flexibility index (Phi) is 9.18. The van der Waals surface area contributed by atoms with Crippen LogP contribution in [0.3, 0.4) is 0 Å². The lowest BCUT2D eigenvalue weighted by Gasteiger charge is -2.31. The van der Waals surface area contributed by atoms with Crippen LogP contribution in [0.1, 0.15) is 79.1 Å². The fourth-order valence-corrected chi connectivity index (χ4v) is 2.00. The quantitative estimate of drug-likeness (QED) is 0.526. The molecule has 0 radical (unpaired) electrons. The van der Waals surface area contributed by atoms with Crippen molar-refractivity contribution in [3.8, 4) is 0 Å². The minimum Gasteiger partial charge on any atom is -0.312 e. The van der Waals surface area contributed by atoms with E-state index >= 15 is 0 Å². The van der Waals surface area contributed by atoms with Gasteiger partial charge in [-0.1, -0.05) is 52.9 Å². The third kappa shape index (κ3) is 7.84. The Bertz CT molecular complexity index is 123. The number of rotatable bonds is 10. The fraction of sp³-hybridized carbons (Fsp3) is 1.00. The highest BCUT2D eigenvalue weighted by Crippen LogP contribution is 2.21. The van der Waals surface area contributed by atoms with Gasteiger partial charge in [0.1, 0.15) is 0 Å². The van der Waals surface area contributed by atoms with Gasteiger partial charge in [0.15, 0.2) is 0 Å². The van der Waals surface area contributed by atoms with Crippen LogP contribution in [0.15, 0.2) is 0 Å². The van der Waals surface area contributed by atoms with Gasteiger partial charge in [-0.05, 0) is 32.7 Å². The van der Waals surface area contributed by atoms with E-state index in [0.29, 0.717) is 5.54 Å². The molecule has 0 aromatic rings. The van der Waals surface area contributed by atoms with Gasteiger partial charge in [-0.25, -0.2) is 0 Å². The lowest BCUT2D eigenvalue weighted by Crippen LogP contribution is -2.42. The normalized spacial score (nSPS) is 12.0. The molecule has 0 aliphatic rings. The van der Waals surface area contributed by atoms with E-state index in [-0.39, 0.29) is 0 Å². The summed E-state index contributed by atoms with van der Waals surface area (Å²) in [5.41, 5.74) is 0.404. The lowest BCUT2D eigenvalue weighted by atomic mass is 9.89. The van der Waals surface area contributed by atoms with Gasteiger partial charge >= 0.3 is 0 Å². The Hall–Kier alpha value is -0.0400. The van der Waals surface area contributed by atoms with Crippen LogP contribution in [0.4, 0.5) is 0 Å². The van der Waals surface area contributed by atoms with Crippen molar-refractivity contribution in [1.82, 2.24) is 5.32 Å². The van der Waals surface area contributed by atoms with Crippen molar-refractivity contribution in [2.24, 2.45) is 0 Å². The molecule has 1 heteroatoms. The van der Waals surface area contributed by atoms with Crippen molar-refractivity contribution in [2.45, 2.75) is 84.6 Å². The van der Waals surface area contributed by atoms with Gasteiger partial charge in [-0.15, -0.1) is 0 Å². The Morgan fingerprint density at radius 1 is 0.800 bits per heavy atom. The van der Waals surface area contributed by atoms with Gasteiger partial charge in [0, 0.05) is 5.54 Å². The molecule has 0 saturated heterocycles. The molecule has 1 N–H and O–H groups in total. The molecule has 0 spiro atoms.